The van der Waals surface area contributed by atoms with Crippen LogP contribution in [0.15, 0.2) is 18.2 Å². The first-order chi connectivity index (χ1) is 17.2. The molecule has 1 aromatic carbocycles. The van der Waals surface area contributed by atoms with E-state index < -0.39 is 23.5 Å². The molecule has 1 aromatic heterocycles. The molecule has 2 aromatic rings. The quantitative estimate of drug-likeness (QED) is 0.451. The molecule has 0 aliphatic carbocycles. The molecule has 1 saturated heterocycles. The number of fused-ring (bicyclic) bond motifs is 1. The Morgan fingerprint density at radius 2 is 2.03 bits per heavy atom. The van der Waals surface area contributed by atoms with Gasteiger partial charge in [0.2, 0.25) is 0 Å². The van der Waals surface area contributed by atoms with Crippen LogP contribution in [0.1, 0.15) is 63.9 Å². The van der Waals surface area contributed by atoms with Gasteiger partial charge in [0.15, 0.2) is 0 Å². The maximum absolute atomic E-state index is 13.1. The van der Waals surface area contributed by atoms with Gasteiger partial charge in [-0.05, 0) is 62.6 Å². The van der Waals surface area contributed by atoms with Crippen LogP contribution in [0.3, 0.4) is 0 Å². The SMILES string of the molecule is CCn1nc(CCCOC(=O)c2ccc(C(F)(F)F)c(OC)c2)c2c1C(=O)NCC1(CCOCC1)C2. The van der Waals surface area contributed by atoms with Gasteiger partial charge in [-0.15, -0.1) is 0 Å². The van der Waals surface area contributed by atoms with Gasteiger partial charge < -0.3 is 19.5 Å². The molecule has 2 aliphatic heterocycles. The molecule has 1 fully saturated rings. The molecule has 11 heteroatoms. The van der Waals surface area contributed by atoms with E-state index in [0.717, 1.165) is 55.8 Å². The summed E-state index contributed by atoms with van der Waals surface area (Å²) in [5, 5.41) is 7.74. The minimum Gasteiger partial charge on any atom is -0.496 e. The van der Waals surface area contributed by atoms with Gasteiger partial charge in [-0.2, -0.15) is 18.3 Å². The number of benzene rings is 1. The topological polar surface area (TPSA) is 91.7 Å². The number of ether oxygens (including phenoxy) is 3. The summed E-state index contributed by atoms with van der Waals surface area (Å²) in [6, 6.07) is 2.90. The van der Waals surface area contributed by atoms with Crippen LogP contribution in [-0.4, -0.2) is 55.1 Å². The lowest BCUT2D eigenvalue weighted by molar-refractivity contribution is -0.138. The first-order valence-electron chi connectivity index (χ1n) is 12.0. The van der Waals surface area contributed by atoms with E-state index in [0.29, 0.717) is 44.8 Å². The predicted octanol–water partition coefficient (Wildman–Crippen LogP) is 3.80. The number of nitrogens with one attached hydrogen (secondary N) is 1. The fourth-order valence-corrected chi connectivity index (χ4v) is 4.91. The summed E-state index contributed by atoms with van der Waals surface area (Å²) < 4.78 is 56.5. The van der Waals surface area contributed by atoms with Crippen molar-refractivity contribution < 1.29 is 37.0 Å². The molecule has 0 unspecified atom stereocenters. The zero-order valence-corrected chi connectivity index (χ0v) is 20.4. The third-order valence-corrected chi connectivity index (χ3v) is 6.91. The molecular formula is C25H30F3N3O5. The van der Waals surface area contributed by atoms with E-state index in [-0.39, 0.29) is 23.5 Å². The highest BCUT2D eigenvalue weighted by molar-refractivity contribution is 5.95. The lowest BCUT2D eigenvalue weighted by atomic mass is 9.75. The first-order valence-corrected chi connectivity index (χ1v) is 12.0. The maximum atomic E-state index is 13.1. The zero-order valence-electron chi connectivity index (χ0n) is 20.4. The molecule has 4 rings (SSSR count). The number of hydrogen-bond donors (Lipinski definition) is 1. The average Bonchev–Trinajstić information content (AvgIpc) is 3.14. The van der Waals surface area contributed by atoms with E-state index in [9.17, 15) is 22.8 Å². The van der Waals surface area contributed by atoms with Crippen molar-refractivity contribution >= 4 is 11.9 Å². The summed E-state index contributed by atoms with van der Waals surface area (Å²) in [6.45, 7) is 4.46. The molecule has 196 valence electrons. The number of alkyl halides is 3. The van der Waals surface area contributed by atoms with Crippen molar-refractivity contribution in [2.45, 2.75) is 51.7 Å². The molecule has 1 spiro atoms. The summed E-state index contributed by atoms with van der Waals surface area (Å²) in [7, 11) is 1.11. The first kappa shape index (κ1) is 26.0. The number of hydrogen-bond acceptors (Lipinski definition) is 6. The highest BCUT2D eigenvalue weighted by atomic mass is 19.4. The van der Waals surface area contributed by atoms with Crippen molar-refractivity contribution in [2.24, 2.45) is 5.41 Å². The Labute approximate surface area is 207 Å². The molecule has 2 aliphatic rings. The van der Waals surface area contributed by atoms with E-state index >= 15 is 0 Å². The number of esters is 1. The summed E-state index contributed by atoms with van der Waals surface area (Å²) in [4.78, 5) is 25.3. The van der Waals surface area contributed by atoms with Gasteiger partial charge in [-0.1, -0.05) is 0 Å². The van der Waals surface area contributed by atoms with Gasteiger partial charge in [0.05, 0.1) is 30.5 Å². The van der Waals surface area contributed by atoms with E-state index in [4.69, 9.17) is 14.2 Å². The van der Waals surface area contributed by atoms with Gasteiger partial charge >= 0.3 is 12.1 Å². The molecular weight excluding hydrogens is 479 g/mol. The van der Waals surface area contributed by atoms with Crippen LogP contribution in [-0.2, 0) is 35.0 Å². The number of aromatic nitrogens is 2. The second-order valence-corrected chi connectivity index (χ2v) is 9.21. The lowest BCUT2D eigenvalue weighted by Gasteiger charge is -2.36. The highest BCUT2D eigenvalue weighted by Crippen LogP contribution is 2.38. The smallest absolute Gasteiger partial charge is 0.419 e. The van der Waals surface area contributed by atoms with Crippen molar-refractivity contribution in [3.8, 4) is 5.75 Å². The van der Waals surface area contributed by atoms with Crippen molar-refractivity contribution in [3.63, 3.8) is 0 Å². The molecule has 3 heterocycles. The number of carbonyl (C=O) groups is 2. The minimum absolute atomic E-state index is 0.0258. The number of carbonyl (C=O) groups excluding carboxylic acids is 2. The largest absolute Gasteiger partial charge is 0.496 e. The van der Waals surface area contributed by atoms with E-state index in [2.05, 4.69) is 10.4 Å². The molecule has 1 amide bonds. The van der Waals surface area contributed by atoms with Gasteiger partial charge in [0.25, 0.3) is 5.91 Å². The molecule has 8 nitrogen and oxygen atoms in total. The molecule has 0 bridgehead atoms. The van der Waals surface area contributed by atoms with E-state index in [1.807, 2.05) is 6.92 Å². The molecule has 0 radical (unpaired) electrons. The van der Waals surface area contributed by atoms with Crippen LogP contribution in [0.25, 0.3) is 0 Å². The molecule has 1 N–H and O–H groups in total. The van der Waals surface area contributed by atoms with E-state index in [1.54, 1.807) is 4.68 Å². The fraction of sp³-hybridized carbons (Fsp3) is 0.560. The predicted molar refractivity (Wildman–Crippen MR) is 123 cm³/mol. The van der Waals surface area contributed by atoms with Crippen LogP contribution in [0.2, 0.25) is 0 Å². The second kappa shape index (κ2) is 10.5. The number of methoxy groups -OCH3 is 1. The van der Waals surface area contributed by atoms with Crippen LogP contribution in [0, 0.1) is 5.41 Å². The van der Waals surface area contributed by atoms with Crippen LogP contribution >= 0.6 is 0 Å². The average molecular weight is 510 g/mol. The third-order valence-electron chi connectivity index (χ3n) is 6.91. The fourth-order valence-electron chi connectivity index (χ4n) is 4.91. The number of amides is 1. The summed E-state index contributed by atoms with van der Waals surface area (Å²) in [5.74, 6) is -1.30. The Morgan fingerprint density at radius 3 is 2.69 bits per heavy atom. The Balaban J connectivity index is 1.43. The van der Waals surface area contributed by atoms with Gasteiger partial charge in [0.1, 0.15) is 11.4 Å². The maximum Gasteiger partial charge on any atom is 0.419 e. The van der Waals surface area contributed by atoms with Gasteiger partial charge in [0, 0.05) is 31.9 Å². The highest BCUT2D eigenvalue weighted by Gasteiger charge is 2.39. The summed E-state index contributed by atoms with van der Waals surface area (Å²) >= 11 is 0. The van der Waals surface area contributed by atoms with Crippen molar-refractivity contribution in [2.75, 3.05) is 33.5 Å². The second-order valence-electron chi connectivity index (χ2n) is 9.21. The summed E-state index contributed by atoms with van der Waals surface area (Å²) in [6.07, 6.45) is -1.19. The Morgan fingerprint density at radius 1 is 1.28 bits per heavy atom. The Hall–Kier alpha value is -3.08. The van der Waals surface area contributed by atoms with Crippen molar-refractivity contribution in [1.82, 2.24) is 15.1 Å². The van der Waals surface area contributed by atoms with Crippen LogP contribution in [0.4, 0.5) is 13.2 Å². The number of rotatable bonds is 7. The normalized spacial score (nSPS) is 17.3. The van der Waals surface area contributed by atoms with Crippen molar-refractivity contribution in [3.05, 3.63) is 46.3 Å². The monoisotopic (exact) mass is 509 g/mol. The van der Waals surface area contributed by atoms with Gasteiger partial charge in [-0.3, -0.25) is 9.48 Å². The molecule has 0 atom stereocenters. The van der Waals surface area contributed by atoms with Crippen molar-refractivity contribution in [1.29, 1.82) is 0 Å². The number of halogens is 3. The molecule has 0 saturated carbocycles. The Kier molecular flexibility index (Phi) is 7.58. The summed E-state index contributed by atoms with van der Waals surface area (Å²) in [5.41, 5.74) is 1.28. The van der Waals surface area contributed by atoms with E-state index in [1.165, 1.54) is 0 Å². The lowest BCUT2D eigenvalue weighted by Crippen LogP contribution is -2.40. The Bertz CT molecular complexity index is 1120. The van der Waals surface area contributed by atoms with Crippen LogP contribution in [0.5, 0.6) is 5.75 Å². The number of nitrogens with zero attached hydrogens (tertiary/aromatic N) is 2. The number of aryl methyl sites for hydroxylation is 2. The van der Waals surface area contributed by atoms with Gasteiger partial charge in [-0.25, -0.2) is 4.79 Å². The third kappa shape index (κ3) is 5.35. The minimum atomic E-state index is -4.59. The molecule has 36 heavy (non-hydrogen) atoms. The zero-order chi connectivity index (χ0) is 25.9. The standard InChI is InChI=1S/C25H30F3N3O5/c1-3-31-21-17(14-24(15-29-22(21)32)8-11-35-12-9-24)19(30-31)5-4-10-36-23(33)16-6-7-18(25(26,27)28)20(13-16)34-2/h6-7,13H,3-5,8-12,14-15H2,1-2H3,(H,29,32). The van der Waals surface area contributed by atoms with Crippen LogP contribution < -0.4 is 10.1 Å².